The maximum absolute atomic E-state index is 10.4. The molecule has 0 saturated heterocycles. The molecule has 1 unspecified atom stereocenters. The number of aromatic nitrogens is 1. The molecule has 2 aromatic rings. The van der Waals surface area contributed by atoms with Gasteiger partial charge in [-0.25, -0.2) is 0 Å². The van der Waals surface area contributed by atoms with Crippen molar-refractivity contribution in [3.63, 3.8) is 0 Å². The second kappa shape index (κ2) is 4.37. The van der Waals surface area contributed by atoms with Crippen LogP contribution in [0.5, 0.6) is 0 Å². The van der Waals surface area contributed by atoms with Gasteiger partial charge in [0.05, 0.1) is 12.5 Å². The van der Waals surface area contributed by atoms with Crippen LogP contribution in [0, 0.1) is 0 Å². The highest BCUT2D eigenvalue weighted by molar-refractivity contribution is 5.79. The molecule has 0 amide bonds. The third-order valence-electron chi connectivity index (χ3n) is 2.50. The molecule has 0 bridgehead atoms. The van der Waals surface area contributed by atoms with Gasteiger partial charge in [-0.2, -0.15) is 0 Å². The third kappa shape index (κ3) is 2.23. The van der Waals surface area contributed by atoms with E-state index in [1.54, 1.807) is 0 Å². The van der Waals surface area contributed by atoms with E-state index in [1.807, 2.05) is 41.1 Å². The van der Waals surface area contributed by atoms with Gasteiger partial charge in [0.2, 0.25) is 0 Å². The number of hydrogen-bond acceptors (Lipinski definition) is 2. The van der Waals surface area contributed by atoms with E-state index in [4.69, 9.17) is 5.11 Å². The number of fused-ring (bicyclic) bond motifs is 1. The highest BCUT2D eigenvalue weighted by Gasteiger charge is 2.11. The first-order valence-corrected chi connectivity index (χ1v) is 5.10. The zero-order valence-electron chi connectivity index (χ0n) is 8.71. The van der Waals surface area contributed by atoms with Crippen LogP contribution in [0.3, 0.4) is 0 Å². The normalized spacial score (nSPS) is 12.8. The van der Waals surface area contributed by atoms with E-state index in [1.165, 1.54) is 0 Å². The lowest BCUT2D eigenvalue weighted by molar-refractivity contribution is -0.139. The van der Waals surface area contributed by atoms with Crippen molar-refractivity contribution in [1.82, 2.24) is 4.57 Å². The maximum atomic E-state index is 10.4. The molecule has 4 heteroatoms. The summed E-state index contributed by atoms with van der Waals surface area (Å²) in [5.74, 6) is -0.982. The number of nitrogens with zero attached hydrogens (tertiary/aromatic N) is 1. The van der Waals surface area contributed by atoms with Crippen molar-refractivity contribution in [3.05, 3.63) is 36.5 Å². The average molecular weight is 219 g/mol. The number of aliphatic hydroxyl groups excluding tert-OH is 1. The minimum Gasteiger partial charge on any atom is -0.481 e. The number of benzene rings is 1. The Hall–Kier alpha value is -1.81. The van der Waals surface area contributed by atoms with Gasteiger partial charge in [-0.3, -0.25) is 4.79 Å². The number of hydrogen-bond donors (Lipinski definition) is 2. The van der Waals surface area contributed by atoms with Crippen LogP contribution in [-0.4, -0.2) is 26.9 Å². The molecule has 0 radical (unpaired) electrons. The van der Waals surface area contributed by atoms with Gasteiger partial charge in [-0.15, -0.1) is 0 Å². The van der Waals surface area contributed by atoms with Crippen LogP contribution in [0.2, 0.25) is 0 Å². The Kier molecular flexibility index (Phi) is 2.92. The molecule has 84 valence electrons. The van der Waals surface area contributed by atoms with Crippen LogP contribution in [-0.2, 0) is 11.3 Å². The minimum atomic E-state index is -0.982. The topological polar surface area (TPSA) is 62.5 Å². The number of rotatable bonds is 4. The largest absolute Gasteiger partial charge is 0.481 e. The van der Waals surface area contributed by atoms with E-state index in [0.717, 1.165) is 10.9 Å². The van der Waals surface area contributed by atoms with Gasteiger partial charge in [0.1, 0.15) is 0 Å². The predicted molar refractivity (Wildman–Crippen MR) is 60.2 cm³/mol. The van der Waals surface area contributed by atoms with Gasteiger partial charge >= 0.3 is 5.97 Å². The fourth-order valence-electron chi connectivity index (χ4n) is 1.79. The zero-order valence-corrected chi connectivity index (χ0v) is 8.71. The van der Waals surface area contributed by atoms with E-state index < -0.39 is 12.1 Å². The van der Waals surface area contributed by atoms with Crippen LogP contribution < -0.4 is 0 Å². The number of carbonyl (C=O) groups is 1. The average Bonchev–Trinajstić information content (AvgIpc) is 2.61. The Morgan fingerprint density at radius 1 is 1.31 bits per heavy atom. The molecule has 0 saturated carbocycles. The van der Waals surface area contributed by atoms with Crippen molar-refractivity contribution < 1.29 is 15.0 Å². The van der Waals surface area contributed by atoms with E-state index >= 15 is 0 Å². The lowest BCUT2D eigenvalue weighted by Gasteiger charge is -2.10. The lowest BCUT2D eigenvalue weighted by atomic mass is 10.2. The Morgan fingerprint density at radius 3 is 2.81 bits per heavy atom. The summed E-state index contributed by atoms with van der Waals surface area (Å²) in [6.45, 7) is 0.305. The summed E-state index contributed by atoms with van der Waals surface area (Å²) in [4.78, 5) is 10.4. The second-order valence-corrected chi connectivity index (χ2v) is 3.78. The SMILES string of the molecule is O=C(O)CC(O)Cn1ccc2ccccc21. The number of aliphatic carboxylic acids is 1. The maximum Gasteiger partial charge on any atom is 0.306 e. The molecule has 1 aromatic carbocycles. The van der Waals surface area contributed by atoms with Crippen molar-refractivity contribution in [3.8, 4) is 0 Å². The van der Waals surface area contributed by atoms with Gasteiger partial charge in [-0.1, -0.05) is 18.2 Å². The van der Waals surface area contributed by atoms with Gasteiger partial charge in [0, 0.05) is 18.3 Å². The molecular formula is C12H13NO3. The quantitative estimate of drug-likeness (QED) is 0.818. The summed E-state index contributed by atoms with van der Waals surface area (Å²) in [5, 5.41) is 19.2. The highest BCUT2D eigenvalue weighted by Crippen LogP contribution is 2.15. The van der Waals surface area contributed by atoms with Gasteiger partial charge in [0.25, 0.3) is 0 Å². The van der Waals surface area contributed by atoms with Gasteiger partial charge in [-0.05, 0) is 17.5 Å². The predicted octanol–water partition coefficient (Wildman–Crippen LogP) is 1.48. The minimum absolute atomic E-state index is 0.230. The van der Waals surface area contributed by atoms with Crippen molar-refractivity contribution >= 4 is 16.9 Å². The Balaban J connectivity index is 2.18. The first-order valence-electron chi connectivity index (χ1n) is 5.10. The lowest BCUT2D eigenvalue weighted by Crippen LogP contribution is -2.19. The summed E-state index contributed by atoms with van der Waals surface area (Å²) in [6.07, 6.45) is 0.774. The molecule has 0 fully saturated rings. The van der Waals surface area contributed by atoms with Crippen molar-refractivity contribution in [1.29, 1.82) is 0 Å². The molecule has 4 nitrogen and oxygen atoms in total. The van der Waals surface area contributed by atoms with E-state index in [2.05, 4.69) is 0 Å². The first kappa shape index (κ1) is 10.7. The van der Waals surface area contributed by atoms with Crippen molar-refractivity contribution in [2.45, 2.75) is 19.1 Å². The molecule has 2 rings (SSSR count). The molecule has 1 aromatic heterocycles. The fraction of sp³-hybridized carbons (Fsp3) is 0.250. The zero-order chi connectivity index (χ0) is 11.5. The monoisotopic (exact) mass is 219 g/mol. The molecule has 16 heavy (non-hydrogen) atoms. The molecule has 0 aliphatic rings. The van der Waals surface area contributed by atoms with Crippen LogP contribution in [0.1, 0.15) is 6.42 Å². The summed E-state index contributed by atoms with van der Waals surface area (Å²) in [7, 11) is 0. The van der Waals surface area contributed by atoms with Gasteiger partial charge in [0.15, 0.2) is 0 Å². The number of aliphatic hydroxyl groups is 1. The molecule has 0 aliphatic carbocycles. The number of carboxylic acids is 1. The highest BCUT2D eigenvalue weighted by atomic mass is 16.4. The van der Waals surface area contributed by atoms with Crippen LogP contribution in [0.4, 0.5) is 0 Å². The van der Waals surface area contributed by atoms with E-state index in [-0.39, 0.29) is 6.42 Å². The van der Waals surface area contributed by atoms with E-state index in [0.29, 0.717) is 6.54 Å². The molecular weight excluding hydrogens is 206 g/mol. The first-order chi connectivity index (χ1) is 7.66. The van der Waals surface area contributed by atoms with Crippen molar-refractivity contribution in [2.75, 3.05) is 0 Å². The summed E-state index contributed by atoms with van der Waals surface area (Å²) in [5.41, 5.74) is 1.01. The standard InChI is InChI=1S/C12H13NO3/c14-10(7-12(15)16)8-13-6-5-9-3-1-2-4-11(9)13/h1-6,10,14H,7-8H2,(H,15,16). The summed E-state index contributed by atoms with van der Waals surface area (Å²) in [6, 6.07) is 9.74. The Labute approximate surface area is 92.7 Å². The summed E-state index contributed by atoms with van der Waals surface area (Å²) < 4.78 is 1.86. The Bertz CT molecular complexity index is 504. The number of carboxylic acid groups (broad SMARTS) is 1. The molecule has 1 heterocycles. The number of para-hydroxylation sites is 1. The second-order valence-electron chi connectivity index (χ2n) is 3.78. The van der Waals surface area contributed by atoms with Crippen molar-refractivity contribution in [2.24, 2.45) is 0 Å². The fourth-order valence-corrected chi connectivity index (χ4v) is 1.79. The molecule has 1 atom stereocenters. The van der Waals surface area contributed by atoms with Gasteiger partial charge < -0.3 is 14.8 Å². The smallest absolute Gasteiger partial charge is 0.306 e. The Morgan fingerprint density at radius 2 is 2.06 bits per heavy atom. The third-order valence-corrected chi connectivity index (χ3v) is 2.50. The van der Waals surface area contributed by atoms with Crippen LogP contribution in [0.15, 0.2) is 36.5 Å². The van der Waals surface area contributed by atoms with Crippen LogP contribution in [0.25, 0.3) is 10.9 Å². The van der Waals surface area contributed by atoms with Crippen LogP contribution >= 0.6 is 0 Å². The summed E-state index contributed by atoms with van der Waals surface area (Å²) >= 11 is 0. The molecule has 0 aliphatic heterocycles. The van der Waals surface area contributed by atoms with E-state index in [9.17, 15) is 9.90 Å². The molecule has 2 N–H and O–H groups in total. The molecule has 0 spiro atoms.